The highest BCUT2D eigenvalue weighted by Crippen LogP contribution is 2.42. The number of carbonyl (C=O) groups is 1. The number of ether oxygens (including phenoxy) is 3. The molecule has 2 aromatic heterocycles. The van der Waals surface area contributed by atoms with Gasteiger partial charge in [0.05, 0.1) is 42.3 Å². The first kappa shape index (κ1) is 26.5. The molecule has 0 bridgehead atoms. The SMILES string of the molecule is COCCOCc1csc(C2(c3ccc(C(=O)Nc4cc(-c5cccs5)ccc4N)cc3)CCOCC2)n1. The van der Waals surface area contributed by atoms with E-state index in [4.69, 9.17) is 24.9 Å². The minimum absolute atomic E-state index is 0.197. The smallest absolute Gasteiger partial charge is 0.255 e. The first-order chi connectivity index (χ1) is 18.6. The van der Waals surface area contributed by atoms with Gasteiger partial charge in [-0.15, -0.1) is 22.7 Å². The third-order valence-electron chi connectivity index (χ3n) is 6.80. The van der Waals surface area contributed by atoms with Crippen molar-refractivity contribution in [1.29, 1.82) is 0 Å². The second-order valence-electron chi connectivity index (χ2n) is 9.19. The van der Waals surface area contributed by atoms with Crippen molar-refractivity contribution in [1.82, 2.24) is 4.98 Å². The van der Waals surface area contributed by atoms with Crippen molar-refractivity contribution in [2.75, 3.05) is 44.6 Å². The van der Waals surface area contributed by atoms with Crippen LogP contribution in [0.15, 0.2) is 65.4 Å². The fourth-order valence-corrected chi connectivity index (χ4v) is 6.46. The van der Waals surface area contributed by atoms with Crippen molar-refractivity contribution in [3.63, 3.8) is 0 Å². The summed E-state index contributed by atoms with van der Waals surface area (Å²) in [4.78, 5) is 19.2. The maximum absolute atomic E-state index is 13.1. The molecule has 0 radical (unpaired) electrons. The van der Waals surface area contributed by atoms with Crippen LogP contribution < -0.4 is 11.1 Å². The Balaban J connectivity index is 1.33. The lowest BCUT2D eigenvalue weighted by molar-refractivity contribution is 0.0585. The molecule has 198 valence electrons. The number of benzene rings is 2. The molecule has 1 fully saturated rings. The summed E-state index contributed by atoms with van der Waals surface area (Å²) in [6.07, 6.45) is 1.67. The Labute approximate surface area is 230 Å². The van der Waals surface area contributed by atoms with E-state index in [0.717, 1.165) is 39.5 Å². The number of nitrogens with zero attached hydrogens (tertiary/aromatic N) is 1. The van der Waals surface area contributed by atoms with Gasteiger partial charge in [0.15, 0.2) is 0 Å². The van der Waals surface area contributed by atoms with Crippen LogP contribution in [0, 0.1) is 0 Å². The van der Waals surface area contributed by atoms with Gasteiger partial charge in [-0.25, -0.2) is 4.98 Å². The number of nitrogen functional groups attached to an aromatic ring is 1. The minimum Gasteiger partial charge on any atom is -0.397 e. The third-order valence-corrected chi connectivity index (χ3v) is 8.81. The molecule has 3 heterocycles. The van der Waals surface area contributed by atoms with E-state index in [9.17, 15) is 4.79 Å². The molecule has 0 aliphatic carbocycles. The van der Waals surface area contributed by atoms with Crippen molar-refractivity contribution >= 4 is 40.0 Å². The quantitative estimate of drug-likeness (QED) is 0.187. The average molecular weight is 550 g/mol. The number of aromatic nitrogens is 1. The molecule has 0 unspecified atom stereocenters. The summed E-state index contributed by atoms with van der Waals surface area (Å²) in [7, 11) is 1.66. The molecule has 1 aliphatic rings. The number of anilines is 2. The highest BCUT2D eigenvalue weighted by Gasteiger charge is 2.39. The number of rotatable bonds is 10. The lowest BCUT2D eigenvalue weighted by Crippen LogP contribution is -2.35. The van der Waals surface area contributed by atoms with Gasteiger partial charge in [-0.2, -0.15) is 0 Å². The number of nitrogens with one attached hydrogen (secondary N) is 1. The van der Waals surface area contributed by atoms with Crippen LogP contribution in [-0.2, 0) is 26.2 Å². The molecule has 9 heteroatoms. The Morgan fingerprint density at radius 2 is 1.92 bits per heavy atom. The van der Waals surface area contributed by atoms with Gasteiger partial charge in [0, 0.05) is 36.1 Å². The van der Waals surface area contributed by atoms with Crippen LogP contribution in [0.25, 0.3) is 10.4 Å². The molecule has 0 atom stereocenters. The second kappa shape index (κ2) is 12.2. The van der Waals surface area contributed by atoms with Crippen molar-refractivity contribution < 1.29 is 19.0 Å². The Kier molecular flexibility index (Phi) is 8.51. The van der Waals surface area contributed by atoms with Gasteiger partial charge in [0.25, 0.3) is 5.91 Å². The lowest BCUT2D eigenvalue weighted by Gasteiger charge is -2.36. The highest BCUT2D eigenvalue weighted by molar-refractivity contribution is 7.13. The average Bonchev–Trinajstić information content (AvgIpc) is 3.66. The third kappa shape index (κ3) is 5.82. The zero-order chi connectivity index (χ0) is 26.4. The normalized spacial score (nSPS) is 14.9. The molecular weight excluding hydrogens is 518 g/mol. The standard InChI is InChI=1S/C29H31N3O4S2/c1-34-14-15-36-18-23-19-38-28(31-23)29(10-12-35-13-11-29)22-7-4-20(5-8-22)27(33)32-25-17-21(6-9-24(25)30)26-3-2-16-37-26/h2-9,16-17,19H,10-15,18,30H2,1H3,(H,32,33). The second-order valence-corrected chi connectivity index (χ2v) is 11.0. The van der Waals surface area contributed by atoms with Crippen LogP contribution in [0.3, 0.4) is 0 Å². The number of hydrogen-bond donors (Lipinski definition) is 2. The first-order valence-corrected chi connectivity index (χ1v) is 14.3. The maximum Gasteiger partial charge on any atom is 0.255 e. The van der Waals surface area contributed by atoms with E-state index < -0.39 is 0 Å². The van der Waals surface area contributed by atoms with Crippen LogP contribution in [0.5, 0.6) is 0 Å². The topological polar surface area (TPSA) is 95.7 Å². The Morgan fingerprint density at radius 1 is 1.11 bits per heavy atom. The van der Waals surface area contributed by atoms with E-state index in [1.807, 2.05) is 60.0 Å². The maximum atomic E-state index is 13.1. The van der Waals surface area contributed by atoms with Gasteiger partial charge in [0.2, 0.25) is 0 Å². The molecule has 1 saturated heterocycles. The van der Waals surface area contributed by atoms with Gasteiger partial charge in [-0.3, -0.25) is 4.79 Å². The van der Waals surface area contributed by atoms with Gasteiger partial charge in [-0.05, 0) is 59.7 Å². The van der Waals surface area contributed by atoms with E-state index in [1.165, 1.54) is 0 Å². The van der Waals surface area contributed by atoms with Crippen LogP contribution >= 0.6 is 22.7 Å². The Hall–Kier alpha value is -3.08. The highest BCUT2D eigenvalue weighted by atomic mass is 32.1. The molecule has 1 amide bonds. The van der Waals surface area contributed by atoms with Crippen LogP contribution in [0.1, 0.15) is 39.5 Å². The largest absolute Gasteiger partial charge is 0.397 e. The first-order valence-electron chi connectivity index (χ1n) is 12.5. The molecular formula is C29H31N3O4S2. The fraction of sp³-hybridized carbons (Fsp3) is 0.310. The molecule has 5 rings (SSSR count). The summed E-state index contributed by atoms with van der Waals surface area (Å²) >= 11 is 3.30. The number of nitrogens with two attached hydrogens (primary N) is 1. The van der Waals surface area contributed by atoms with Gasteiger partial charge >= 0.3 is 0 Å². The van der Waals surface area contributed by atoms with Crippen molar-refractivity contribution in [2.24, 2.45) is 0 Å². The van der Waals surface area contributed by atoms with E-state index in [-0.39, 0.29) is 11.3 Å². The number of amides is 1. The lowest BCUT2D eigenvalue weighted by atomic mass is 9.74. The molecule has 4 aromatic rings. The molecule has 0 spiro atoms. The van der Waals surface area contributed by atoms with Crippen molar-refractivity contribution in [2.45, 2.75) is 24.9 Å². The summed E-state index contributed by atoms with van der Waals surface area (Å²) < 4.78 is 16.4. The van der Waals surface area contributed by atoms with Crippen molar-refractivity contribution in [3.8, 4) is 10.4 Å². The van der Waals surface area contributed by atoms with E-state index in [0.29, 0.717) is 50.0 Å². The fourth-order valence-electron chi connectivity index (χ4n) is 4.65. The van der Waals surface area contributed by atoms with E-state index in [2.05, 4.69) is 10.7 Å². The zero-order valence-electron chi connectivity index (χ0n) is 21.3. The van der Waals surface area contributed by atoms with Gasteiger partial charge < -0.3 is 25.3 Å². The number of thiazole rings is 1. The van der Waals surface area contributed by atoms with E-state index >= 15 is 0 Å². The number of thiophene rings is 1. The molecule has 38 heavy (non-hydrogen) atoms. The Morgan fingerprint density at radius 3 is 2.66 bits per heavy atom. The Bertz CT molecular complexity index is 1350. The molecule has 1 aliphatic heterocycles. The summed E-state index contributed by atoms with van der Waals surface area (Å²) in [6.45, 7) is 2.89. The van der Waals surface area contributed by atoms with Crippen LogP contribution in [0.2, 0.25) is 0 Å². The number of hydrogen-bond acceptors (Lipinski definition) is 8. The molecule has 3 N–H and O–H groups in total. The van der Waals surface area contributed by atoms with Crippen LogP contribution in [-0.4, -0.2) is 44.4 Å². The minimum atomic E-state index is -0.248. The summed E-state index contributed by atoms with van der Waals surface area (Å²) in [5.74, 6) is -0.197. The molecule has 7 nitrogen and oxygen atoms in total. The molecule has 2 aromatic carbocycles. The van der Waals surface area contributed by atoms with E-state index in [1.54, 1.807) is 29.8 Å². The van der Waals surface area contributed by atoms with Gasteiger partial charge in [-0.1, -0.05) is 24.3 Å². The summed E-state index contributed by atoms with van der Waals surface area (Å²) in [5, 5.41) is 8.14. The predicted molar refractivity (Wildman–Crippen MR) is 153 cm³/mol. The van der Waals surface area contributed by atoms with Gasteiger partial charge in [0.1, 0.15) is 5.01 Å². The van der Waals surface area contributed by atoms with Crippen molar-refractivity contribution in [3.05, 3.63) is 87.2 Å². The predicted octanol–water partition coefficient (Wildman–Crippen LogP) is 5.97. The summed E-state index contributed by atoms with van der Waals surface area (Å²) in [5.41, 5.74) is 10.7. The number of methoxy groups -OCH3 is 1. The zero-order valence-corrected chi connectivity index (χ0v) is 22.9. The summed E-state index contributed by atoms with van der Waals surface area (Å²) in [6, 6.07) is 17.6. The monoisotopic (exact) mass is 549 g/mol. The van der Waals surface area contributed by atoms with Crippen LogP contribution in [0.4, 0.5) is 11.4 Å². The molecule has 0 saturated carbocycles. The number of carbonyl (C=O) groups excluding carboxylic acids is 1.